The van der Waals surface area contributed by atoms with Crippen LogP contribution in [0.2, 0.25) is 0 Å². The maximum Gasteiger partial charge on any atom is 0.517 e. The molecule has 15 heavy (non-hydrogen) atoms. The van der Waals surface area contributed by atoms with Crippen molar-refractivity contribution in [3.05, 3.63) is 0 Å². The molecule has 0 spiro atoms. The highest BCUT2D eigenvalue weighted by atomic mass is 127. The summed E-state index contributed by atoms with van der Waals surface area (Å²) in [6.07, 6.45) is 0.986. The Morgan fingerprint density at radius 3 is 1.47 bits per heavy atom. The van der Waals surface area contributed by atoms with Gasteiger partial charge in [0.25, 0.3) is 0 Å². The molecule has 0 rings (SSSR count). The molecule has 1 atom stereocenters. The van der Waals surface area contributed by atoms with Gasteiger partial charge in [-0.05, 0) is 34.1 Å². The lowest BCUT2D eigenvalue weighted by Crippen LogP contribution is -2.60. The first-order chi connectivity index (χ1) is 6.99. The first-order valence-corrected chi connectivity index (χ1v) is 8.40. The fraction of sp³-hybridized carbons (Fsp3) is 1.00. The summed E-state index contributed by atoms with van der Waals surface area (Å²) in [4.78, 5) is 0. The lowest BCUT2D eigenvalue weighted by molar-refractivity contribution is 0.0611. The summed E-state index contributed by atoms with van der Waals surface area (Å²) in [6, 6.07) is 0. The zero-order valence-corrected chi connectivity index (χ0v) is 13.6. The van der Waals surface area contributed by atoms with Gasteiger partial charge in [0.05, 0.1) is 3.04 Å². The van der Waals surface area contributed by atoms with E-state index in [1.54, 1.807) is 0 Å². The lowest BCUT2D eigenvalue weighted by atomic mass is 10.4. The summed E-state index contributed by atoms with van der Waals surface area (Å²) in [5.74, 6) is 0. The predicted octanol–water partition coefficient (Wildman–Crippen LogP) is 3.18. The van der Waals surface area contributed by atoms with Crippen LogP contribution in [0.5, 0.6) is 0 Å². The zero-order chi connectivity index (χ0) is 11.9. The third-order valence-electron chi connectivity index (χ3n) is 2.31. The minimum atomic E-state index is -2.54. The Labute approximate surface area is 108 Å². The van der Waals surface area contributed by atoms with E-state index in [1.807, 2.05) is 20.8 Å². The molecule has 5 heteroatoms. The van der Waals surface area contributed by atoms with Crippen molar-refractivity contribution >= 4 is 31.4 Å². The van der Waals surface area contributed by atoms with Crippen LogP contribution < -0.4 is 0 Å². The third kappa shape index (κ3) is 3.96. The van der Waals surface area contributed by atoms with Gasteiger partial charge in [0.2, 0.25) is 0 Å². The van der Waals surface area contributed by atoms with Crippen molar-refractivity contribution < 1.29 is 13.3 Å². The first kappa shape index (κ1) is 15.8. The largest absolute Gasteiger partial charge is 0.517 e. The first-order valence-electron chi connectivity index (χ1n) is 5.60. The van der Waals surface area contributed by atoms with Crippen molar-refractivity contribution in [1.82, 2.24) is 0 Å². The van der Waals surface area contributed by atoms with Gasteiger partial charge in [0, 0.05) is 19.8 Å². The summed E-state index contributed by atoms with van der Waals surface area (Å²) in [7, 11) is -2.54. The quantitative estimate of drug-likeness (QED) is 0.384. The Balaban J connectivity index is 4.90. The third-order valence-corrected chi connectivity index (χ3v) is 8.69. The molecule has 0 aliphatic carbocycles. The summed E-state index contributed by atoms with van der Waals surface area (Å²) in [6.45, 7) is 12.2. The van der Waals surface area contributed by atoms with Crippen molar-refractivity contribution in [2.24, 2.45) is 0 Å². The Bertz CT molecular complexity index is 159. The molecular weight excluding hydrogens is 323 g/mol. The molecule has 0 aromatic carbocycles. The van der Waals surface area contributed by atoms with Crippen LogP contribution in [-0.2, 0) is 13.3 Å². The Hall–Kier alpha value is 0.827. The van der Waals surface area contributed by atoms with Gasteiger partial charge in [-0.15, -0.1) is 0 Å². The molecular formula is C10H23IO3Si. The minimum Gasteiger partial charge on any atom is -0.373 e. The van der Waals surface area contributed by atoms with Gasteiger partial charge in [-0.1, -0.05) is 29.5 Å². The van der Waals surface area contributed by atoms with Gasteiger partial charge in [0.1, 0.15) is 0 Å². The van der Waals surface area contributed by atoms with E-state index in [9.17, 15) is 0 Å². The molecule has 0 aliphatic heterocycles. The number of hydrogen-bond donors (Lipinski definition) is 0. The summed E-state index contributed by atoms with van der Waals surface area (Å²) in [5.41, 5.74) is 0. The second-order valence-corrected chi connectivity index (χ2v) is 9.89. The van der Waals surface area contributed by atoms with E-state index in [1.165, 1.54) is 0 Å². The fourth-order valence-electron chi connectivity index (χ4n) is 1.36. The maximum atomic E-state index is 5.85. The van der Waals surface area contributed by atoms with Crippen LogP contribution in [0.3, 0.4) is 0 Å². The summed E-state index contributed by atoms with van der Waals surface area (Å²) >= 11 is 2.41. The number of rotatable bonds is 8. The van der Waals surface area contributed by atoms with Gasteiger partial charge >= 0.3 is 8.80 Å². The van der Waals surface area contributed by atoms with E-state index < -0.39 is 8.80 Å². The highest BCUT2D eigenvalue weighted by Crippen LogP contribution is 2.36. The van der Waals surface area contributed by atoms with E-state index in [4.69, 9.17) is 13.3 Å². The average molecular weight is 346 g/mol. The Kier molecular flexibility index (Phi) is 7.61. The van der Waals surface area contributed by atoms with Crippen LogP contribution in [0.25, 0.3) is 0 Å². The van der Waals surface area contributed by atoms with E-state index in [-0.39, 0.29) is 3.04 Å². The SMILES string of the molecule is CCO[Si](OCC)(OCC)C(C)(I)CC. The number of alkyl halides is 1. The molecule has 0 bridgehead atoms. The molecule has 0 saturated carbocycles. The van der Waals surface area contributed by atoms with Crippen LogP contribution in [0, 0.1) is 0 Å². The second kappa shape index (κ2) is 7.21. The topological polar surface area (TPSA) is 27.7 Å². The Morgan fingerprint density at radius 1 is 0.933 bits per heavy atom. The predicted molar refractivity (Wildman–Crippen MR) is 73.3 cm³/mol. The standard InChI is InChI=1S/C10H23IO3Si/c1-6-10(5,11)15(12-7-2,13-8-3)14-9-4/h6-9H2,1-5H3. The summed E-state index contributed by atoms with van der Waals surface area (Å²) < 4.78 is 17.5. The van der Waals surface area contributed by atoms with Gasteiger partial charge < -0.3 is 13.3 Å². The molecule has 0 aromatic heterocycles. The van der Waals surface area contributed by atoms with E-state index in [2.05, 4.69) is 36.4 Å². The number of halogens is 1. The monoisotopic (exact) mass is 346 g/mol. The molecule has 0 aliphatic rings. The van der Waals surface area contributed by atoms with Gasteiger partial charge in [-0.3, -0.25) is 0 Å². The van der Waals surface area contributed by atoms with Crippen LogP contribution in [0.4, 0.5) is 0 Å². The normalized spacial score (nSPS) is 16.4. The summed E-state index contributed by atoms with van der Waals surface area (Å²) in [5, 5.41) is 0. The van der Waals surface area contributed by atoms with E-state index >= 15 is 0 Å². The van der Waals surface area contributed by atoms with Crippen LogP contribution in [0.1, 0.15) is 41.0 Å². The van der Waals surface area contributed by atoms with Crippen molar-refractivity contribution in [2.45, 2.75) is 44.1 Å². The van der Waals surface area contributed by atoms with Crippen LogP contribution in [0.15, 0.2) is 0 Å². The smallest absolute Gasteiger partial charge is 0.373 e. The highest BCUT2D eigenvalue weighted by molar-refractivity contribution is 14.1. The minimum absolute atomic E-state index is 0.0488. The second-order valence-electron chi connectivity index (χ2n) is 3.41. The molecule has 0 radical (unpaired) electrons. The molecule has 0 heterocycles. The maximum absolute atomic E-state index is 5.85. The van der Waals surface area contributed by atoms with E-state index in [0.717, 1.165) is 6.42 Å². The van der Waals surface area contributed by atoms with Gasteiger partial charge in [-0.2, -0.15) is 0 Å². The molecule has 0 saturated heterocycles. The average Bonchev–Trinajstić information content (AvgIpc) is 2.18. The molecule has 0 fully saturated rings. The highest BCUT2D eigenvalue weighted by Gasteiger charge is 2.55. The zero-order valence-electron chi connectivity index (χ0n) is 10.4. The van der Waals surface area contributed by atoms with Crippen molar-refractivity contribution in [1.29, 1.82) is 0 Å². The van der Waals surface area contributed by atoms with Crippen molar-refractivity contribution in [2.75, 3.05) is 19.8 Å². The fourth-order valence-corrected chi connectivity index (χ4v) is 5.49. The molecule has 0 N–H and O–H groups in total. The Morgan fingerprint density at radius 2 is 1.27 bits per heavy atom. The van der Waals surface area contributed by atoms with Crippen LogP contribution in [-0.4, -0.2) is 31.7 Å². The molecule has 1 unspecified atom stereocenters. The van der Waals surface area contributed by atoms with Crippen LogP contribution >= 0.6 is 22.6 Å². The molecule has 0 aromatic rings. The lowest BCUT2D eigenvalue weighted by Gasteiger charge is -2.38. The molecule has 92 valence electrons. The van der Waals surface area contributed by atoms with Crippen molar-refractivity contribution in [3.8, 4) is 0 Å². The number of hydrogen-bond acceptors (Lipinski definition) is 3. The van der Waals surface area contributed by atoms with Crippen molar-refractivity contribution in [3.63, 3.8) is 0 Å². The van der Waals surface area contributed by atoms with E-state index in [0.29, 0.717) is 19.8 Å². The molecule has 3 nitrogen and oxygen atoms in total. The molecule has 0 amide bonds. The van der Waals surface area contributed by atoms with Gasteiger partial charge in [0.15, 0.2) is 0 Å². The van der Waals surface area contributed by atoms with Gasteiger partial charge in [-0.25, -0.2) is 0 Å².